The average Bonchev–Trinajstić information content (AvgIpc) is 3.03. The van der Waals surface area contributed by atoms with Crippen molar-refractivity contribution in [2.24, 2.45) is 0 Å². The van der Waals surface area contributed by atoms with E-state index in [2.05, 4.69) is 36.8 Å². The fraction of sp³-hybridized carbons (Fsp3) is 0. The van der Waals surface area contributed by atoms with Crippen LogP contribution < -0.4 is 5.32 Å². The number of anilines is 1. The van der Waals surface area contributed by atoms with Gasteiger partial charge in [0.25, 0.3) is 5.91 Å². The molecule has 0 fully saturated rings. The smallest absolute Gasteiger partial charge is 0.257 e. The lowest BCUT2D eigenvalue weighted by Gasteiger charge is -2.10. The van der Waals surface area contributed by atoms with Gasteiger partial charge in [0.2, 0.25) is 0 Å². The predicted molar refractivity (Wildman–Crippen MR) is 81.2 cm³/mol. The van der Waals surface area contributed by atoms with Crippen molar-refractivity contribution in [1.82, 2.24) is 20.2 Å². The molecule has 0 spiro atoms. The van der Waals surface area contributed by atoms with Crippen LogP contribution in [-0.4, -0.2) is 26.1 Å². The molecule has 110 valence electrons. The van der Waals surface area contributed by atoms with Gasteiger partial charge in [0.05, 0.1) is 11.3 Å². The van der Waals surface area contributed by atoms with Gasteiger partial charge in [-0.1, -0.05) is 15.9 Å². The van der Waals surface area contributed by atoms with Gasteiger partial charge in [0, 0.05) is 10.2 Å². The van der Waals surface area contributed by atoms with E-state index in [-0.39, 0.29) is 5.56 Å². The maximum Gasteiger partial charge on any atom is 0.257 e. The summed E-state index contributed by atoms with van der Waals surface area (Å²) in [7, 11) is 0. The first-order valence-corrected chi connectivity index (χ1v) is 7.02. The highest BCUT2D eigenvalue weighted by molar-refractivity contribution is 9.10. The molecule has 3 rings (SSSR count). The number of tetrazole rings is 1. The first kappa shape index (κ1) is 14.3. The van der Waals surface area contributed by atoms with Crippen molar-refractivity contribution in [3.63, 3.8) is 0 Å². The SMILES string of the molecule is O=C(Nc1ccc(Br)cc1)c1cc(F)ccc1-n1cnnn1. The van der Waals surface area contributed by atoms with Crippen LogP contribution in [0.4, 0.5) is 10.1 Å². The van der Waals surface area contributed by atoms with Gasteiger partial charge in [-0.3, -0.25) is 4.79 Å². The second-order valence-electron chi connectivity index (χ2n) is 4.38. The number of aromatic nitrogens is 4. The summed E-state index contributed by atoms with van der Waals surface area (Å²) in [6, 6.07) is 10.9. The lowest BCUT2D eigenvalue weighted by atomic mass is 10.1. The minimum atomic E-state index is -0.516. The van der Waals surface area contributed by atoms with Crippen LogP contribution in [-0.2, 0) is 0 Å². The number of carbonyl (C=O) groups is 1. The Morgan fingerprint density at radius 3 is 2.64 bits per heavy atom. The lowest BCUT2D eigenvalue weighted by Crippen LogP contribution is -2.15. The van der Waals surface area contributed by atoms with Crippen molar-refractivity contribution in [2.45, 2.75) is 0 Å². The molecular weight excluding hydrogens is 353 g/mol. The second-order valence-corrected chi connectivity index (χ2v) is 5.29. The Hall–Kier alpha value is -2.61. The third-order valence-electron chi connectivity index (χ3n) is 2.90. The zero-order valence-corrected chi connectivity index (χ0v) is 12.7. The average molecular weight is 362 g/mol. The molecule has 0 radical (unpaired) electrons. The number of hydrogen-bond acceptors (Lipinski definition) is 4. The number of rotatable bonds is 3. The molecule has 0 atom stereocenters. The molecule has 0 aliphatic rings. The Balaban J connectivity index is 1.94. The maximum atomic E-state index is 13.5. The van der Waals surface area contributed by atoms with Gasteiger partial charge < -0.3 is 5.32 Å². The van der Waals surface area contributed by atoms with Crippen molar-refractivity contribution in [2.75, 3.05) is 5.32 Å². The van der Waals surface area contributed by atoms with Crippen molar-refractivity contribution >= 4 is 27.5 Å². The van der Waals surface area contributed by atoms with Crippen molar-refractivity contribution in [3.05, 3.63) is 64.6 Å². The number of halogens is 2. The molecular formula is C14H9BrFN5O. The molecule has 1 N–H and O–H groups in total. The van der Waals surface area contributed by atoms with Gasteiger partial charge in [-0.25, -0.2) is 4.39 Å². The molecule has 1 heterocycles. The summed E-state index contributed by atoms with van der Waals surface area (Å²) >= 11 is 3.32. The first-order chi connectivity index (χ1) is 10.6. The number of benzene rings is 2. The first-order valence-electron chi connectivity index (χ1n) is 6.23. The largest absolute Gasteiger partial charge is 0.322 e. The summed E-state index contributed by atoms with van der Waals surface area (Å²) in [5.74, 6) is -0.967. The number of hydrogen-bond donors (Lipinski definition) is 1. The molecule has 1 aromatic heterocycles. The number of amides is 1. The van der Waals surface area contributed by atoms with Gasteiger partial charge in [-0.2, -0.15) is 4.68 Å². The maximum absolute atomic E-state index is 13.5. The minimum Gasteiger partial charge on any atom is -0.322 e. The molecule has 0 saturated heterocycles. The van der Waals surface area contributed by atoms with E-state index >= 15 is 0 Å². The van der Waals surface area contributed by atoms with E-state index < -0.39 is 11.7 Å². The molecule has 1 amide bonds. The van der Waals surface area contributed by atoms with Crippen molar-refractivity contribution < 1.29 is 9.18 Å². The summed E-state index contributed by atoms with van der Waals surface area (Å²) in [4.78, 5) is 12.4. The summed E-state index contributed by atoms with van der Waals surface area (Å²) in [5, 5.41) is 13.5. The van der Waals surface area contributed by atoms with E-state index in [1.807, 2.05) is 0 Å². The predicted octanol–water partition coefficient (Wildman–Crippen LogP) is 2.82. The zero-order valence-electron chi connectivity index (χ0n) is 11.1. The molecule has 0 saturated carbocycles. The van der Waals surface area contributed by atoms with Gasteiger partial charge in [-0.15, -0.1) is 5.10 Å². The summed E-state index contributed by atoms with van der Waals surface area (Å²) in [6.07, 6.45) is 1.34. The van der Waals surface area contributed by atoms with Gasteiger partial charge in [0.1, 0.15) is 12.1 Å². The minimum absolute atomic E-state index is 0.134. The van der Waals surface area contributed by atoms with Gasteiger partial charge >= 0.3 is 0 Å². The fourth-order valence-corrected chi connectivity index (χ4v) is 2.16. The number of carbonyl (C=O) groups excluding carboxylic acids is 1. The van der Waals surface area contributed by atoms with Gasteiger partial charge in [0.15, 0.2) is 0 Å². The molecule has 0 aliphatic heterocycles. The molecule has 2 aromatic carbocycles. The molecule has 8 heteroatoms. The Morgan fingerprint density at radius 2 is 1.95 bits per heavy atom. The van der Waals surface area contributed by atoms with E-state index in [4.69, 9.17) is 0 Å². The van der Waals surface area contributed by atoms with Crippen molar-refractivity contribution in [3.8, 4) is 5.69 Å². The Morgan fingerprint density at radius 1 is 1.18 bits per heavy atom. The quantitative estimate of drug-likeness (QED) is 0.778. The molecule has 0 aliphatic carbocycles. The Bertz CT molecular complexity index is 805. The summed E-state index contributed by atoms with van der Waals surface area (Å²) < 4.78 is 15.7. The number of nitrogens with zero attached hydrogens (tertiary/aromatic N) is 4. The Kier molecular flexibility index (Phi) is 3.92. The van der Waals surface area contributed by atoms with Crippen LogP contribution in [0.25, 0.3) is 5.69 Å². The zero-order chi connectivity index (χ0) is 15.5. The highest BCUT2D eigenvalue weighted by Gasteiger charge is 2.15. The highest BCUT2D eigenvalue weighted by atomic mass is 79.9. The third kappa shape index (κ3) is 3.01. The molecule has 0 bridgehead atoms. The number of nitrogens with one attached hydrogen (secondary N) is 1. The van der Waals surface area contributed by atoms with Crippen LogP contribution >= 0.6 is 15.9 Å². The van der Waals surface area contributed by atoms with Crippen LogP contribution in [0.2, 0.25) is 0 Å². The van der Waals surface area contributed by atoms with Crippen LogP contribution in [0.3, 0.4) is 0 Å². The molecule has 0 unspecified atom stereocenters. The van der Waals surface area contributed by atoms with E-state index in [1.54, 1.807) is 24.3 Å². The topological polar surface area (TPSA) is 72.7 Å². The molecule has 6 nitrogen and oxygen atoms in total. The standard InChI is InChI=1S/C14H9BrFN5O/c15-9-1-4-11(5-2-9)18-14(22)12-7-10(16)3-6-13(12)21-8-17-19-20-21/h1-8H,(H,18,22). The summed E-state index contributed by atoms with van der Waals surface area (Å²) in [5.41, 5.74) is 1.12. The highest BCUT2D eigenvalue weighted by Crippen LogP contribution is 2.19. The fourth-order valence-electron chi connectivity index (χ4n) is 1.89. The monoisotopic (exact) mass is 361 g/mol. The second kappa shape index (κ2) is 6.02. The van der Waals surface area contributed by atoms with Crippen molar-refractivity contribution in [1.29, 1.82) is 0 Å². The van der Waals surface area contributed by atoms with Crippen LogP contribution in [0.5, 0.6) is 0 Å². The summed E-state index contributed by atoms with van der Waals surface area (Å²) in [6.45, 7) is 0. The normalized spacial score (nSPS) is 10.5. The van der Waals surface area contributed by atoms with Gasteiger partial charge in [-0.05, 0) is 52.9 Å². The van der Waals surface area contributed by atoms with E-state index in [1.165, 1.54) is 23.1 Å². The lowest BCUT2D eigenvalue weighted by molar-refractivity contribution is 0.102. The van der Waals surface area contributed by atoms with E-state index in [9.17, 15) is 9.18 Å². The molecule has 22 heavy (non-hydrogen) atoms. The third-order valence-corrected chi connectivity index (χ3v) is 3.43. The molecule has 3 aromatic rings. The van der Waals surface area contributed by atoms with Crippen LogP contribution in [0.15, 0.2) is 53.3 Å². The Labute approximate surface area is 133 Å². The van der Waals surface area contributed by atoms with E-state index in [0.717, 1.165) is 10.5 Å². The van der Waals surface area contributed by atoms with Crippen LogP contribution in [0.1, 0.15) is 10.4 Å². The van der Waals surface area contributed by atoms with Crippen LogP contribution in [0, 0.1) is 5.82 Å². The van der Waals surface area contributed by atoms with E-state index in [0.29, 0.717) is 11.4 Å².